The van der Waals surface area contributed by atoms with Gasteiger partial charge in [0.2, 0.25) is 17.7 Å². The van der Waals surface area contributed by atoms with Crippen molar-refractivity contribution in [2.75, 3.05) is 58.3 Å². The average Bonchev–Trinajstić information content (AvgIpc) is 3.49. The number of rotatable bonds is 1. The number of hydrogen-bond acceptors (Lipinski definition) is 5. The van der Waals surface area contributed by atoms with Gasteiger partial charge in [-0.05, 0) is 55.0 Å². The van der Waals surface area contributed by atoms with Crippen LogP contribution in [-0.4, -0.2) is 91.9 Å². The zero-order valence-electron chi connectivity index (χ0n) is 23.7. The van der Waals surface area contributed by atoms with Gasteiger partial charge in [0.25, 0.3) is 0 Å². The summed E-state index contributed by atoms with van der Waals surface area (Å²) in [6.07, 6.45) is 2.25. The molecule has 0 aromatic heterocycles. The van der Waals surface area contributed by atoms with Gasteiger partial charge in [-0.25, -0.2) is 4.79 Å². The van der Waals surface area contributed by atoms with Crippen LogP contribution in [0.15, 0.2) is 48.5 Å². The van der Waals surface area contributed by atoms with Gasteiger partial charge >= 0.3 is 6.03 Å². The first-order valence-electron chi connectivity index (χ1n) is 14.5. The summed E-state index contributed by atoms with van der Waals surface area (Å²) in [5.41, 5.74) is 1.41. The molecule has 0 saturated carbocycles. The highest BCUT2D eigenvalue weighted by molar-refractivity contribution is 6.12. The van der Waals surface area contributed by atoms with Crippen LogP contribution < -0.4 is 15.0 Å². The van der Waals surface area contributed by atoms with Gasteiger partial charge in [-0.1, -0.05) is 30.3 Å². The molecule has 2 atom stereocenters. The van der Waals surface area contributed by atoms with Crippen LogP contribution in [0.2, 0.25) is 0 Å². The molecule has 1 spiro atoms. The molecule has 0 radical (unpaired) electrons. The van der Waals surface area contributed by atoms with Crippen molar-refractivity contribution in [1.29, 1.82) is 0 Å². The molecule has 0 unspecified atom stereocenters. The maximum absolute atomic E-state index is 14.5. The number of carbonyl (C=O) groups is 4. The first-order valence-corrected chi connectivity index (χ1v) is 14.5. The largest absolute Gasteiger partial charge is 0.494 e. The van der Waals surface area contributed by atoms with E-state index in [1.165, 1.54) is 0 Å². The third kappa shape index (κ3) is 4.59. The molecule has 4 aliphatic heterocycles. The molecule has 41 heavy (non-hydrogen) atoms. The molecular weight excluding hydrogens is 522 g/mol. The Morgan fingerprint density at radius 2 is 1.80 bits per heavy atom. The van der Waals surface area contributed by atoms with Crippen LogP contribution in [0.5, 0.6) is 5.75 Å². The number of benzene rings is 2. The van der Waals surface area contributed by atoms with E-state index in [0.29, 0.717) is 64.2 Å². The number of amides is 5. The lowest BCUT2D eigenvalue weighted by Crippen LogP contribution is -2.50. The van der Waals surface area contributed by atoms with Crippen molar-refractivity contribution in [3.8, 4) is 5.75 Å². The highest BCUT2D eigenvalue weighted by Gasteiger charge is 2.62. The van der Waals surface area contributed by atoms with E-state index in [9.17, 15) is 19.2 Å². The van der Waals surface area contributed by atoms with Gasteiger partial charge < -0.3 is 29.7 Å². The molecule has 2 aromatic rings. The summed E-state index contributed by atoms with van der Waals surface area (Å²) >= 11 is 0. The van der Waals surface area contributed by atoms with Crippen molar-refractivity contribution in [2.24, 2.45) is 5.92 Å². The number of nitrogens with one attached hydrogen (secondary N) is 1. The quantitative estimate of drug-likeness (QED) is 0.579. The number of anilines is 1. The van der Waals surface area contributed by atoms with E-state index < -0.39 is 11.5 Å². The van der Waals surface area contributed by atoms with E-state index in [-0.39, 0.29) is 36.2 Å². The fourth-order valence-corrected chi connectivity index (χ4v) is 7.04. The molecular formula is C31H37N5O5. The summed E-state index contributed by atoms with van der Waals surface area (Å²) in [5, 5.41) is 2.91. The number of fused-ring (bicyclic) bond motifs is 6. The first-order chi connectivity index (χ1) is 19.8. The third-order valence-corrected chi connectivity index (χ3v) is 9.00. The van der Waals surface area contributed by atoms with E-state index in [1.54, 1.807) is 28.8 Å². The minimum atomic E-state index is -1.02. The molecule has 10 nitrogen and oxygen atoms in total. The number of piperidine rings is 1. The second kappa shape index (κ2) is 10.7. The van der Waals surface area contributed by atoms with Crippen LogP contribution in [-0.2, 0) is 19.8 Å². The van der Waals surface area contributed by atoms with Gasteiger partial charge in [0.15, 0.2) is 0 Å². The van der Waals surface area contributed by atoms with Crippen LogP contribution in [0.4, 0.5) is 10.5 Å². The van der Waals surface area contributed by atoms with Crippen LogP contribution >= 0.6 is 0 Å². The lowest BCUT2D eigenvalue weighted by Gasteiger charge is -2.38. The minimum absolute atomic E-state index is 0.0118. The molecule has 5 amide bonds. The maximum Gasteiger partial charge on any atom is 0.319 e. The predicted molar refractivity (Wildman–Crippen MR) is 152 cm³/mol. The molecule has 1 N–H and O–H groups in total. The second-order valence-electron chi connectivity index (χ2n) is 11.6. The molecule has 4 aliphatic rings. The molecule has 2 fully saturated rings. The Morgan fingerprint density at radius 1 is 1.02 bits per heavy atom. The lowest BCUT2D eigenvalue weighted by atomic mass is 9.72. The minimum Gasteiger partial charge on any atom is -0.494 e. The van der Waals surface area contributed by atoms with Gasteiger partial charge in [-0.2, -0.15) is 0 Å². The topological polar surface area (TPSA) is 103 Å². The molecule has 216 valence electrons. The van der Waals surface area contributed by atoms with E-state index in [0.717, 1.165) is 16.8 Å². The van der Waals surface area contributed by atoms with Crippen molar-refractivity contribution < 1.29 is 23.9 Å². The van der Waals surface area contributed by atoms with Crippen molar-refractivity contribution >= 4 is 29.4 Å². The van der Waals surface area contributed by atoms with Crippen LogP contribution in [0.3, 0.4) is 0 Å². The first kappa shape index (κ1) is 27.1. The number of urea groups is 1. The summed E-state index contributed by atoms with van der Waals surface area (Å²) in [7, 11) is 3.47. The lowest BCUT2D eigenvalue weighted by molar-refractivity contribution is -0.139. The SMILES string of the molecule is CN(C)C(=O)N1CCC(C(=O)N2CC[C@]34C(=O)N(CC(=O)NCCCOc5cccc(c5)[C@H]23)c2ccccc24)CC1. The highest BCUT2D eigenvalue weighted by Crippen LogP contribution is 2.57. The molecule has 4 heterocycles. The number of ether oxygens (including phenoxy) is 1. The van der Waals surface area contributed by atoms with E-state index in [1.807, 2.05) is 53.4 Å². The summed E-state index contributed by atoms with van der Waals surface area (Å²) in [4.78, 5) is 61.0. The molecule has 10 heteroatoms. The van der Waals surface area contributed by atoms with Gasteiger partial charge in [-0.15, -0.1) is 0 Å². The summed E-state index contributed by atoms with van der Waals surface area (Å²) in [6, 6.07) is 14.8. The number of para-hydroxylation sites is 1. The summed E-state index contributed by atoms with van der Waals surface area (Å²) in [5.74, 6) is 0.0768. The van der Waals surface area contributed by atoms with Gasteiger partial charge in [0, 0.05) is 51.9 Å². The van der Waals surface area contributed by atoms with E-state index in [4.69, 9.17) is 4.74 Å². The smallest absolute Gasteiger partial charge is 0.319 e. The fourth-order valence-electron chi connectivity index (χ4n) is 7.04. The summed E-state index contributed by atoms with van der Waals surface area (Å²) < 4.78 is 6.02. The van der Waals surface area contributed by atoms with Crippen molar-refractivity contribution in [1.82, 2.24) is 20.0 Å². The zero-order valence-corrected chi connectivity index (χ0v) is 23.7. The van der Waals surface area contributed by atoms with Crippen LogP contribution in [0, 0.1) is 5.92 Å². The Balaban J connectivity index is 1.40. The Labute approximate surface area is 240 Å². The second-order valence-corrected chi connectivity index (χ2v) is 11.6. The molecule has 2 saturated heterocycles. The molecule has 2 aromatic carbocycles. The standard InChI is InChI=1S/C31H37N5O5/c1-33(2)30(40)34-15-11-21(12-16-34)28(38)35-17-13-31-24-9-3-4-10-25(24)36(29(31)39)20-26(37)32-14-6-18-41-23-8-5-7-22(19-23)27(31)35/h3-5,7-10,19,21,27H,6,11-18,20H2,1-2H3,(H,32,37)/t27-,31+/m0/s1. The molecule has 0 aliphatic carbocycles. The normalized spacial score (nSPS) is 24.6. The van der Waals surface area contributed by atoms with Gasteiger partial charge in [0.1, 0.15) is 17.7 Å². The van der Waals surface area contributed by atoms with Crippen LogP contribution in [0.1, 0.15) is 42.9 Å². The number of nitrogens with zero attached hydrogens (tertiary/aromatic N) is 4. The molecule has 6 rings (SSSR count). The third-order valence-electron chi connectivity index (χ3n) is 9.00. The zero-order chi connectivity index (χ0) is 28.7. The maximum atomic E-state index is 14.5. The number of hydrogen-bond donors (Lipinski definition) is 1. The summed E-state index contributed by atoms with van der Waals surface area (Å²) in [6.45, 7) is 2.28. The van der Waals surface area contributed by atoms with Crippen molar-refractivity contribution in [3.63, 3.8) is 0 Å². The van der Waals surface area contributed by atoms with E-state index in [2.05, 4.69) is 5.32 Å². The number of likely N-dealkylation sites (tertiary alicyclic amines) is 2. The average molecular weight is 560 g/mol. The monoisotopic (exact) mass is 559 g/mol. The molecule has 4 bridgehead atoms. The Hall–Kier alpha value is -4.08. The highest BCUT2D eigenvalue weighted by atomic mass is 16.5. The van der Waals surface area contributed by atoms with E-state index >= 15 is 0 Å². The predicted octanol–water partition coefficient (Wildman–Crippen LogP) is 2.54. The Morgan fingerprint density at radius 3 is 2.59 bits per heavy atom. The van der Waals surface area contributed by atoms with Crippen molar-refractivity contribution in [2.45, 2.75) is 37.1 Å². The van der Waals surface area contributed by atoms with Gasteiger partial charge in [-0.3, -0.25) is 14.4 Å². The number of carbonyl (C=O) groups excluding carboxylic acids is 4. The van der Waals surface area contributed by atoms with Crippen LogP contribution in [0.25, 0.3) is 0 Å². The Kier molecular flexibility index (Phi) is 7.09. The van der Waals surface area contributed by atoms with Crippen molar-refractivity contribution in [3.05, 3.63) is 59.7 Å². The fraction of sp³-hybridized carbons (Fsp3) is 0.484. The van der Waals surface area contributed by atoms with Gasteiger partial charge in [0.05, 0.1) is 12.6 Å². The Bertz CT molecular complexity index is 1370.